The zero-order chi connectivity index (χ0) is 15.4. The highest BCUT2D eigenvalue weighted by Gasteiger charge is 2.09. The van der Waals surface area contributed by atoms with Crippen LogP contribution in [0.5, 0.6) is 0 Å². The summed E-state index contributed by atoms with van der Waals surface area (Å²) in [7, 11) is 0. The Morgan fingerprint density at radius 2 is 1.76 bits per heavy atom. The van der Waals surface area contributed by atoms with E-state index in [1.807, 2.05) is 6.92 Å². The van der Waals surface area contributed by atoms with E-state index in [1.54, 1.807) is 24.3 Å². The van der Waals surface area contributed by atoms with Crippen molar-refractivity contribution in [3.8, 4) is 0 Å². The lowest BCUT2D eigenvalue weighted by atomic mass is 10.1. The number of rotatable bonds is 5. The van der Waals surface area contributed by atoms with Crippen LogP contribution in [0.15, 0.2) is 40.1 Å². The van der Waals surface area contributed by atoms with Crippen LogP contribution in [0.25, 0.3) is 0 Å². The van der Waals surface area contributed by atoms with Gasteiger partial charge in [0.15, 0.2) is 0 Å². The van der Waals surface area contributed by atoms with Crippen molar-refractivity contribution in [2.24, 2.45) is 0 Å². The highest BCUT2D eigenvalue weighted by Crippen LogP contribution is 2.05. The van der Waals surface area contributed by atoms with E-state index >= 15 is 0 Å². The topological polar surface area (TPSA) is 90.2 Å². The van der Waals surface area contributed by atoms with Crippen molar-refractivity contribution >= 4 is 5.69 Å². The molecule has 0 unspecified atom stereocenters. The second kappa shape index (κ2) is 6.41. The first-order chi connectivity index (χ1) is 10.1. The van der Waals surface area contributed by atoms with Gasteiger partial charge in [0, 0.05) is 12.7 Å². The van der Waals surface area contributed by atoms with Crippen LogP contribution in [0.2, 0.25) is 0 Å². The lowest BCUT2D eigenvalue weighted by Crippen LogP contribution is -2.40. The van der Waals surface area contributed by atoms with Gasteiger partial charge in [-0.15, -0.1) is 0 Å². The van der Waals surface area contributed by atoms with Gasteiger partial charge in [-0.2, -0.15) is 0 Å². The minimum atomic E-state index is -0.474. The van der Waals surface area contributed by atoms with Gasteiger partial charge in [-0.1, -0.05) is 31.2 Å². The van der Waals surface area contributed by atoms with Gasteiger partial charge in [0.25, 0.3) is 5.56 Å². The smallest absolute Gasteiger partial charge is 0.331 e. The molecule has 112 valence electrons. The molecule has 6 heteroatoms. The van der Waals surface area contributed by atoms with Gasteiger partial charge in [0.2, 0.25) is 0 Å². The van der Waals surface area contributed by atoms with E-state index in [1.165, 1.54) is 10.8 Å². The third kappa shape index (κ3) is 3.22. The van der Waals surface area contributed by atoms with Gasteiger partial charge < -0.3 is 10.8 Å². The maximum Gasteiger partial charge on any atom is 0.331 e. The zero-order valence-corrected chi connectivity index (χ0v) is 12.0. The lowest BCUT2D eigenvalue weighted by molar-refractivity contribution is 0.282. The Morgan fingerprint density at radius 3 is 2.33 bits per heavy atom. The van der Waals surface area contributed by atoms with E-state index < -0.39 is 5.56 Å². The molecule has 0 aliphatic rings. The summed E-state index contributed by atoms with van der Waals surface area (Å²) < 4.78 is 2.60. The van der Waals surface area contributed by atoms with Crippen molar-refractivity contribution in [1.82, 2.24) is 9.13 Å². The van der Waals surface area contributed by atoms with Gasteiger partial charge in [0.05, 0.1) is 13.2 Å². The van der Waals surface area contributed by atoms with E-state index in [-0.39, 0.29) is 24.5 Å². The summed E-state index contributed by atoms with van der Waals surface area (Å²) in [6.07, 6.45) is 2.18. The number of nitrogens with two attached hydrogens (primary N) is 1. The van der Waals surface area contributed by atoms with Crippen LogP contribution in [0, 0.1) is 0 Å². The fourth-order valence-corrected chi connectivity index (χ4v) is 2.15. The molecule has 0 aliphatic carbocycles. The Bertz CT molecular complexity index is 729. The summed E-state index contributed by atoms with van der Waals surface area (Å²) in [6, 6.07) is 7.09. The molecule has 0 fully saturated rings. The highest BCUT2D eigenvalue weighted by atomic mass is 16.3. The summed E-state index contributed by atoms with van der Waals surface area (Å²) in [5.41, 5.74) is 6.51. The molecule has 6 nitrogen and oxygen atoms in total. The largest absolute Gasteiger partial charge is 0.393 e. The fraction of sp³-hybridized carbons (Fsp3) is 0.333. The van der Waals surface area contributed by atoms with E-state index in [9.17, 15) is 9.59 Å². The first kappa shape index (κ1) is 15.1. The molecule has 2 aromatic rings. The van der Waals surface area contributed by atoms with Crippen LogP contribution in [0.4, 0.5) is 5.69 Å². The second-order valence-electron chi connectivity index (χ2n) is 4.93. The average molecular weight is 289 g/mol. The molecule has 0 saturated carbocycles. The Morgan fingerprint density at radius 1 is 1.14 bits per heavy atom. The van der Waals surface area contributed by atoms with E-state index in [0.29, 0.717) is 6.54 Å². The molecule has 0 bridgehead atoms. The quantitative estimate of drug-likeness (QED) is 0.840. The molecule has 2 rings (SSSR count). The van der Waals surface area contributed by atoms with E-state index in [0.717, 1.165) is 22.1 Å². The summed E-state index contributed by atoms with van der Waals surface area (Å²) >= 11 is 0. The molecule has 0 aliphatic heterocycles. The van der Waals surface area contributed by atoms with Gasteiger partial charge >= 0.3 is 5.69 Å². The predicted octanol–water partition coefficient (Wildman–Crippen LogP) is 0.543. The standard InChI is InChI=1S/C15H19N3O3/c1-2-7-17-9-13(16)14(20)18(15(17)21)8-11-3-5-12(10-19)6-4-11/h3-6,9,19H,2,7-8,10,16H2,1H3. The van der Waals surface area contributed by atoms with Gasteiger partial charge in [-0.25, -0.2) is 4.79 Å². The van der Waals surface area contributed by atoms with Crippen LogP contribution in [-0.4, -0.2) is 14.2 Å². The van der Waals surface area contributed by atoms with Crippen LogP contribution in [0.3, 0.4) is 0 Å². The number of hydrogen-bond donors (Lipinski definition) is 2. The molecule has 0 amide bonds. The Balaban J connectivity index is 2.42. The van der Waals surface area contributed by atoms with Crippen molar-refractivity contribution in [2.75, 3.05) is 5.73 Å². The van der Waals surface area contributed by atoms with Crippen molar-refractivity contribution < 1.29 is 5.11 Å². The van der Waals surface area contributed by atoms with Crippen molar-refractivity contribution in [1.29, 1.82) is 0 Å². The normalized spacial score (nSPS) is 10.8. The third-order valence-electron chi connectivity index (χ3n) is 3.27. The molecule has 0 atom stereocenters. The predicted molar refractivity (Wildman–Crippen MR) is 81.1 cm³/mol. The first-order valence-electron chi connectivity index (χ1n) is 6.85. The summed E-state index contributed by atoms with van der Waals surface area (Å²) in [4.78, 5) is 24.3. The molecule has 0 saturated heterocycles. The third-order valence-corrected chi connectivity index (χ3v) is 3.27. The molecular formula is C15H19N3O3. The van der Waals surface area contributed by atoms with Crippen LogP contribution < -0.4 is 17.0 Å². The van der Waals surface area contributed by atoms with Crippen LogP contribution in [-0.2, 0) is 19.7 Å². The Kier molecular flexibility index (Phi) is 4.59. The monoisotopic (exact) mass is 289 g/mol. The molecule has 3 N–H and O–H groups in total. The first-order valence-corrected chi connectivity index (χ1v) is 6.85. The molecule has 21 heavy (non-hydrogen) atoms. The van der Waals surface area contributed by atoms with Crippen molar-refractivity contribution in [2.45, 2.75) is 33.0 Å². The molecular weight excluding hydrogens is 270 g/mol. The molecule has 0 spiro atoms. The lowest BCUT2D eigenvalue weighted by Gasteiger charge is -2.11. The van der Waals surface area contributed by atoms with E-state index in [4.69, 9.17) is 10.8 Å². The minimum absolute atomic E-state index is 0.0399. The minimum Gasteiger partial charge on any atom is -0.393 e. The Labute approximate surface area is 122 Å². The summed E-state index contributed by atoms with van der Waals surface area (Å²) in [5, 5.41) is 9.01. The number of benzene rings is 1. The SMILES string of the molecule is CCCn1cc(N)c(=O)n(Cc2ccc(CO)cc2)c1=O. The van der Waals surface area contributed by atoms with Gasteiger partial charge in [0.1, 0.15) is 5.69 Å². The van der Waals surface area contributed by atoms with Crippen molar-refractivity contribution in [3.63, 3.8) is 0 Å². The second-order valence-corrected chi connectivity index (χ2v) is 4.93. The average Bonchev–Trinajstić information content (AvgIpc) is 2.50. The van der Waals surface area contributed by atoms with Crippen molar-refractivity contribution in [3.05, 3.63) is 62.4 Å². The maximum absolute atomic E-state index is 12.3. The zero-order valence-electron chi connectivity index (χ0n) is 12.0. The number of aliphatic hydroxyl groups excluding tert-OH is 1. The number of aryl methyl sites for hydroxylation is 1. The molecule has 1 aromatic carbocycles. The van der Waals surface area contributed by atoms with Crippen LogP contribution >= 0.6 is 0 Å². The van der Waals surface area contributed by atoms with Crippen LogP contribution in [0.1, 0.15) is 24.5 Å². The van der Waals surface area contributed by atoms with Gasteiger partial charge in [-0.05, 0) is 17.5 Å². The number of anilines is 1. The number of aliphatic hydroxyl groups is 1. The number of nitrogen functional groups attached to an aromatic ring is 1. The summed E-state index contributed by atoms with van der Waals surface area (Å²) in [5.74, 6) is 0. The maximum atomic E-state index is 12.3. The van der Waals surface area contributed by atoms with Gasteiger partial charge in [-0.3, -0.25) is 13.9 Å². The molecule has 0 radical (unpaired) electrons. The summed E-state index contributed by atoms with van der Waals surface area (Å²) in [6.45, 7) is 2.60. The number of hydrogen-bond acceptors (Lipinski definition) is 4. The number of nitrogens with zero attached hydrogens (tertiary/aromatic N) is 2. The highest BCUT2D eigenvalue weighted by molar-refractivity contribution is 5.31. The molecule has 1 aromatic heterocycles. The Hall–Kier alpha value is -2.34. The number of aromatic nitrogens is 2. The van der Waals surface area contributed by atoms with E-state index in [2.05, 4.69) is 0 Å². The fourth-order valence-electron chi connectivity index (χ4n) is 2.15. The molecule has 1 heterocycles.